The van der Waals surface area contributed by atoms with E-state index in [-0.39, 0.29) is 6.03 Å². The molecular weight excluding hydrogens is 326 g/mol. The van der Waals surface area contributed by atoms with E-state index in [0.29, 0.717) is 12.5 Å². The van der Waals surface area contributed by atoms with E-state index < -0.39 is 0 Å². The Balaban J connectivity index is 1.32. The van der Waals surface area contributed by atoms with Gasteiger partial charge in [0.15, 0.2) is 0 Å². The molecule has 0 radical (unpaired) electrons. The number of likely N-dealkylation sites (tertiary alicyclic amines) is 1. The van der Waals surface area contributed by atoms with Gasteiger partial charge in [0.1, 0.15) is 5.82 Å². The van der Waals surface area contributed by atoms with E-state index in [1.807, 2.05) is 42.3 Å². The number of nitrogens with zero attached hydrogens (tertiary/aromatic N) is 3. The highest BCUT2D eigenvalue weighted by molar-refractivity contribution is 5.75. The predicted octanol–water partition coefficient (Wildman–Crippen LogP) is 3.36. The number of carbonyl (C=O) groups excluding carboxylic acids is 1. The Morgan fingerprint density at radius 3 is 2.85 bits per heavy atom. The maximum absolute atomic E-state index is 12.4. The second-order valence-electron chi connectivity index (χ2n) is 6.93. The van der Waals surface area contributed by atoms with Crippen molar-refractivity contribution >= 4 is 17.1 Å². The molecular formula is C20H23N5O. The first-order valence-corrected chi connectivity index (χ1v) is 9.07. The van der Waals surface area contributed by atoms with Gasteiger partial charge in [0.05, 0.1) is 11.0 Å². The number of pyridine rings is 1. The zero-order chi connectivity index (χ0) is 17.9. The lowest BCUT2D eigenvalue weighted by Gasteiger charge is -2.31. The zero-order valence-electron chi connectivity index (χ0n) is 14.9. The molecule has 2 aromatic heterocycles. The highest BCUT2D eigenvalue weighted by Crippen LogP contribution is 2.27. The lowest BCUT2D eigenvalue weighted by Crippen LogP contribution is -2.43. The van der Waals surface area contributed by atoms with E-state index in [0.717, 1.165) is 53.9 Å². The summed E-state index contributed by atoms with van der Waals surface area (Å²) in [4.78, 5) is 26.6. The molecule has 26 heavy (non-hydrogen) atoms. The lowest BCUT2D eigenvalue weighted by molar-refractivity contribution is 0.180. The lowest BCUT2D eigenvalue weighted by atomic mass is 9.96. The van der Waals surface area contributed by atoms with Gasteiger partial charge in [-0.15, -0.1) is 0 Å². The minimum atomic E-state index is -0.00504. The van der Waals surface area contributed by atoms with Gasteiger partial charge in [-0.1, -0.05) is 18.2 Å². The molecule has 0 unspecified atom stereocenters. The van der Waals surface area contributed by atoms with Crippen LogP contribution in [0.4, 0.5) is 4.79 Å². The molecule has 0 atom stereocenters. The molecule has 6 heteroatoms. The van der Waals surface area contributed by atoms with Crippen LogP contribution >= 0.6 is 0 Å². The first-order chi connectivity index (χ1) is 12.7. The summed E-state index contributed by atoms with van der Waals surface area (Å²) in [5.74, 6) is 1.42. The van der Waals surface area contributed by atoms with E-state index in [9.17, 15) is 4.79 Å². The largest absolute Gasteiger partial charge is 0.342 e. The monoisotopic (exact) mass is 349 g/mol. The molecule has 1 aromatic carbocycles. The van der Waals surface area contributed by atoms with Crippen molar-refractivity contribution in [3.8, 4) is 0 Å². The summed E-state index contributed by atoms with van der Waals surface area (Å²) < 4.78 is 0. The zero-order valence-corrected chi connectivity index (χ0v) is 14.9. The molecule has 0 saturated carbocycles. The number of piperidine rings is 1. The SMILES string of the molecule is Cc1cncc(CNC(=O)N2CCC(c3nc4ccccc4[nH]3)CC2)c1. The van der Waals surface area contributed by atoms with Crippen molar-refractivity contribution in [3.63, 3.8) is 0 Å². The summed E-state index contributed by atoms with van der Waals surface area (Å²) in [6.07, 6.45) is 5.47. The van der Waals surface area contributed by atoms with E-state index in [4.69, 9.17) is 4.98 Å². The molecule has 1 aliphatic heterocycles. The number of nitrogens with one attached hydrogen (secondary N) is 2. The normalized spacial score (nSPS) is 15.3. The number of hydrogen-bond acceptors (Lipinski definition) is 3. The van der Waals surface area contributed by atoms with Gasteiger partial charge in [0, 0.05) is 37.9 Å². The number of aromatic nitrogens is 3. The third-order valence-corrected chi connectivity index (χ3v) is 4.95. The first kappa shape index (κ1) is 16.6. The maximum Gasteiger partial charge on any atom is 0.317 e. The van der Waals surface area contributed by atoms with Crippen molar-refractivity contribution in [1.82, 2.24) is 25.2 Å². The fraction of sp³-hybridized carbons (Fsp3) is 0.350. The highest BCUT2D eigenvalue weighted by atomic mass is 16.2. The fourth-order valence-corrected chi connectivity index (χ4v) is 3.53. The predicted molar refractivity (Wildman–Crippen MR) is 101 cm³/mol. The van der Waals surface area contributed by atoms with Crippen LogP contribution in [0.25, 0.3) is 11.0 Å². The summed E-state index contributed by atoms with van der Waals surface area (Å²) in [6, 6.07) is 10.1. The van der Waals surface area contributed by atoms with Crippen LogP contribution in [0.15, 0.2) is 42.7 Å². The summed E-state index contributed by atoms with van der Waals surface area (Å²) in [7, 11) is 0. The number of para-hydroxylation sites is 2. The number of urea groups is 1. The molecule has 0 bridgehead atoms. The van der Waals surface area contributed by atoms with Crippen LogP contribution in [-0.2, 0) is 6.54 Å². The smallest absolute Gasteiger partial charge is 0.317 e. The maximum atomic E-state index is 12.4. The fourth-order valence-electron chi connectivity index (χ4n) is 3.53. The van der Waals surface area contributed by atoms with Crippen molar-refractivity contribution in [2.45, 2.75) is 32.2 Å². The van der Waals surface area contributed by atoms with Crippen LogP contribution < -0.4 is 5.32 Å². The van der Waals surface area contributed by atoms with Gasteiger partial charge < -0.3 is 15.2 Å². The van der Waals surface area contributed by atoms with E-state index in [2.05, 4.69) is 21.4 Å². The minimum absolute atomic E-state index is 0.00504. The Kier molecular flexibility index (Phi) is 4.56. The van der Waals surface area contributed by atoms with Crippen LogP contribution in [0.2, 0.25) is 0 Å². The molecule has 0 spiro atoms. The molecule has 4 rings (SSSR count). The highest BCUT2D eigenvalue weighted by Gasteiger charge is 2.25. The van der Waals surface area contributed by atoms with Gasteiger partial charge in [-0.25, -0.2) is 9.78 Å². The molecule has 1 aliphatic rings. The summed E-state index contributed by atoms with van der Waals surface area (Å²) in [5, 5.41) is 3.00. The molecule has 134 valence electrons. The van der Waals surface area contributed by atoms with Gasteiger partial charge in [-0.2, -0.15) is 0 Å². The Hall–Kier alpha value is -2.89. The van der Waals surface area contributed by atoms with E-state index in [1.165, 1.54) is 0 Å². The van der Waals surface area contributed by atoms with Crippen LogP contribution in [-0.4, -0.2) is 39.0 Å². The molecule has 3 aromatic rings. The summed E-state index contributed by atoms with van der Waals surface area (Å²) >= 11 is 0. The number of carbonyl (C=O) groups is 1. The van der Waals surface area contributed by atoms with Gasteiger partial charge >= 0.3 is 6.03 Å². The number of fused-ring (bicyclic) bond motifs is 1. The number of imidazole rings is 1. The van der Waals surface area contributed by atoms with E-state index >= 15 is 0 Å². The molecule has 3 heterocycles. The Morgan fingerprint density at radius 2 is 2.08 bits per heavy atom. The Labute approximate surface area is 152 Å². The number of benzene rings is 1. The van der Waals surface area contributed by atoms with Gasteiger partial charge in [-0.3, -0.25) is 4.98 Å². The average Bonchev–Trinajstić information content (AvgIpc) is 3.10. The number of aromatic amines is 1. The Morgan fingerprint density at radius 1 is 1.27 bits per heavy atom. The van der Waals surface area contributed by atoms with Gasteiger partial charge in [-0.05, 0) is 43.0 Å². The quantitative estimate of drug-likeness (QED) is 0.761. The number of hydrogen-bond donors (Lipinski definition) is 2. The van der Waals surface area contributed by atoms with Crippen molar-refractivity contribution in [3.05, 3.63) is 59.7 Å². The molecule has 1 saturated heterocycles. The number of amides is 2. The summed E-state index contributed by atoms with van der Waals surface area (Å²) in [5.41, 5.74) is 4.21. The standard InChI is InChI=1S/C20H23N5O/c1-14-10-15(12-21-11-14)13-22-20(26)25-8-6-16(7-9-25)19-23-17-4-2-3-5-18(17)24-19/h2-5,10-12,16H,6-9,13H2,1H3,(H,22,26)(H,23,24). The van der Waals surface area contributed by atoms with Crippen molar-refractivity contribution in [1.29, 1.82) is 0 Å². The average molecular weight is 349 g/mol. The van der Waals surface area contributed by atoms with E-state index in [1.54, 1.807) is 6.20 Å². The van der Waals surface area contributed by atoms with Crippen molar-refractivity contribution < 1.29 is 4.79 Å². The molecule has 6 nitrogen and oxygen atoms in total. The van der Waals surface area contributed by atoms with Crippen LogP contribution in [0.1, 0.15) is 35.7 Å². The second kappa shape index (κ2) is 7.15. The summed E-state index contributed by atoms with van der Waals surface area (Å²) in [6.45, 7) is 4.01. The van der Waals surface area contributed by atoms with Crippen LogP contribution in [0.3, 0.4) is 0 Å². The first-order valence-electron chi connectivity index (χ1n) is 9.07. The Bertz CT molecular complexity index is 878. The third kappa shape index (κ3) is 3.54. The van der Waals surface area contributed by atoms with Gasteiger partial charge in [0.25, 0.3) is 0 Å². The number of rotatable bonds is 3. The van der Waals surface area contributed by atoms with Gasteiger partial charge in [0.2, 0.25) is 0 Å². The number of aryl methyl sites for hydroxylation is 1. The molecule has 2 amide bonds. The van der Waals surface area contributed by atoms with Crippen molar-refractivity contribution in [2.24, 2.45) is 0 Å². The molecule has 0 aliphatic carbocycles. The molecule has 1 fully saturated rings. The van der Waals surface area contributed by atoms with Crippen LogP contribution in [0, 0.1) is 6.92 Å². The van der Waals surface area contributed by atoms with Crippen molar-refractivity contribution in [2.75, 3.05) is 13.1 Å². The van der Waals surface area contributed by atoms with Crippen LogP contribution in [0.5, 0.6) is 0 Å². The second-order valence-corrected chi connectivity index (χ2v) is 6.93. The number of H-pyrrole nitrogens is 1. The third-order valence-electron chi connectivity index (χ3n) is 4.95. The molecule has 2 N–H and O–H groups in total. The minimum Gasteiger partial charge on any atom is -0.342 e. The topological polar surface area (TPSA) is 73.9 Å².